The standard InChI is InChI=1S/C13H13NO2.C13H11NO2/c2*1-8(2)9-3-4-12-11(7-9)10(13(15)16)5-6-14-12/h3-8H,1-2H3,(H,15,16);3-7H,1H2,2H3,(H,15,16). The molecular weight excluding hydrogens is 404 g/mol. The number of fused-ring (bicyclic) bond motifs is 2. The Morgan fingerprint density at radius 1 is 0.812 bits per heavy atom. The van der Waals surface area contributed by atoms with Crippen LogP contribution in [0.1, 0.15) is 58.5 Å². The van der Waals surface area contributed by atoms with Crippen molar-refractivity contribution >= 4 is 39.3 Å². The second-order valence-corrected chi connectivity index (χ2v) is 7.77. The highest BCUT2D eigenvalue weighted by Gasteiger charge is 2.11. The van der Waals surface area contributed by atoms with Crippen molar-refractivity contribution in [2.75, 3.05) is 0 Å². The van der Waals surface area contributed by atoms with Crippen molar-refractivity contribution in [3.63, 3.8) is 0 Å². The summed E-state index contributed by atoms with van der Waals surface area (Å²) in [7, 11) is 0. The molecule has 0 aliphatic rings. The molecule has 0 spiro atoms. The lowest BCUT2D eigenvalue weighted by molar-refractivity contribution is 0.0688. The predicted molar refractivity (Wildman–Crippen MR) is 126 cm³/mol. The highest BCUT2D eigenvalue weighted by molar-refractivity contribution is 6.03. The van der Waals surface area contributed by atoms with Gasteiger partial charge in [-0.1, -0.05) is 38.1 Å². The molecule has 2 aromatic carbocycles. The zero-order valence-corrected chi connectivity index (χ0v) is 18.2. The van der Waals surface area contributed by atoms with E-state index in [2.05, 4.69) is 30.4 Å². The van der Waals surface area contributed by atoms with Gasteiger partial charge in [0.1, 0.15) is 0 Å². The van der Waals surface area contributed by atoms with Gasteiger partial charge in [0.2, 0.25) is 0 Å². The van der Waals surface area contributed by atoms with Crippen molar-refractivity contribution in [1.82, 2.24) is 9.97 Å². The number of aromatic nitrogens is 2. The zero-order chi connectivity index (χ0) is 23.4. The van der Waals surface area contributed by atoms with E-state index in [1.54, 1.807) is 0 Å². The van der Waals surface area contributed by atoms with E-state index in [1.165, 1.54) is 24.5 Å². The van der Waals surface area contributed by atoms with E-state index < -0.39 is 11.9 Å². The minimum atomic E-state index is -0.939. The fraction of sp³-hybridized carbons (Fsp3) is 0.154. The normalized spacial score (nSPS) is 10.6. The summed E-state index contributed by atoms with van der Waals surface area (Å²) in [6.07, 6.45) is 3.03. The molecular formula is C26H24N2O4. The van der Waals surface area contributed by atoms with Crippen LogP contribution in [-0.4, -0.2) is 32.1 Å². The summed E-state index contributed by atoms with van der Waals surface area (Å²) in [4.78, 5) is 30.4. The lowest BCUT2D eigenvalue weighted by Gasteiger charge is -2.07. The summed E-state index contributed by atoms with van der Waals surface area (Å²) in [6.45, 7) is 9.89. The first-order chi connectivity index (χ1) is 15.2. The Morgan fingerprint density at radius 2 is 1.31 bits per heavy atom. The van der Waals surface area contributed by atoms with Gasteiger partial charge in [0.25, 0.3) is 0 Å². The van der Waals surface area contributed by atoms with E-state index in [1.807, 2.05) is 43.3 Å². The molecule has 0 amide bonds. The lowest BCUT2D eigenvalue weighted by atomic mass is 9.99. The molecule has 2 aromatic heterocycles. The van der Waals surface area contributed by atoms with E-state index >= 15 is 0 Å². The van der Waals surface area contributed by atoms with Gasteiger partial charge in [-0.25, -0.2) is 9.59 Å². The Balaban J connectivity index is 0.000000181. The molecule has 0 radical (unpaired) electrons. The topological polar surface area (TPSA) is 100 Å². The van der Waals surface area contributed by atoms with Gasteiger partial charge < -0.3 is 10.2 Å². The number of rotatable bonds is 4. The molecule has 0 atom stereocenters. The van der Waals surface area contributed by atoms with Crippen LogP contribution in [0.4, 0.5) is 0 Å². The first-order valence-corrected chi connectivity index (χ1v) is 10.1. The number of carbonyl (C=O) groups is 2. The Morgan fingerprint density at radius 3 is 1.78 bits per heavy atom. The Labute approximate surface area is 185 Å². The molecule has 162 valence electrons. The predicted octanol–water partition coefficient (Wildman–Crippen LogP) is 6.02. The van der Waals surface area contributed by atoms with Gasteiger partial charge in [-0.2, -0.15) is 0 Å². The van der Waals surface area contributed by atoms with Gasteiger partial charge in [-0.3, -0.25) is 9.97 Å². The summed E-state index contributed by atoms with van der Waals surface area (Å²) >= 11 is 0. The number of aromatic carboxylic acids is 2. The van der Waals surface area contributed by atoms with Gasteiger partial charge in [0, 0.05) is 23.2 Å². The Kier molecular flexibility index (Phi) is 6.64. The second-order valence-electron chi connectivity index (χ2n) is 7.77. The second kappa shape index (κ2) is 9.39. The zero-order valence-electron chi connectivity index (χ0n) is 18.2. The van der Waals surface area contributed by atoms with Crippen molar-refractivity contribution in [3.8, 4) is 0 Å². The molecule has 4 rings (SSSR count). The summed E-state index contributed by atoms with van der Waals surface area (Å²) < 4.78 is 0. The number of hydrogen-bond acceptors (Lipinski definition) is 4. The van der Waals surface area contributed by atoms with E-state index in [0.717, 1.165) is 22.2 Å². The largest absolute Gasteiger partial charge is 0.478 e. The quantitative estimate of drug-likeness (QED) is 0.412. The number of carboxylic acid groups (broad SMARTS) is 2. The maximum atomic E-state index is 11.1. The molecule has 0 saturated carbocycles. The fourth-order valence-electron chi connectivity index (χ4n) is 3.31. The molecule has 6 nitrogen and oxygen atoms in total. The maximum Gasteiger partial charge on any atom is 0.336 e. The van der Waals surface area contributed by atoms with Gasteiger partial charge in [0.15, 0.2) is 0 Å². The van der Waals surface area contributed by atoms with E-state index in [-0.39, 0.29) is 5.56 Å². The van der Waals surface area contributed by atoms with Crippen LogP contribution in [0.2, 0.25) is 0 Å². The van der Waals surface area contributed by atoms with Crippen molar-refractivity contribution in [1.29, 1.82) is 0 Å². The van der Waals surface area contributed by atoms with Crippen LogP contribution in [0.3, 0.4) is 0 Å². The Bertz CT molecular complexity index is 1340. The number of benzene rings is 2. The van der Waals surface area contributed by atoms with Crippen molar-refractivity contribution in [2.24, 2.45) is 0 Å². The number of hydrogen-bond donors (Lipinski definition) is 2. The molecule has 0 saturated heterocycles. The van der Waals surface area contributed by atoms with Crippen LogP contribution in [0.25, 0.3) is 27.4 Å². The minimum Gasteiger partial charge on any atom is -0.478 e. The third kappa shape index (κ3) is 4.81. The number of nitrogens with zero attached hydrogens (tertiary/aromatic N) is 2. The average Bonchev–Trinajstić information content (AvgIpc) is 2.77. The molecule has 2 heterocycles. The van der Waals surface area contributed by atoms with Crippen LogP contribution < -0.4 is 0 Å². The van der Waals surface area contributed by atoms with Crippen molar-refractivity contribution < 1.29 is 19.8 Å². The smallest absolute Gasteiger partial charge is 0.336 e. The Hall–Kier alpha value is -4.06. The lowest BCUT2D eigenvalue weighted by Crippen LogP contribution is -1.99. The van der Waals surface area contributed by atoms with Crippen molar-refractivity contribution in [3.05, 3.63) is 89.8 Å². The molecule has 32 heavy (non-hydrogen) atoms. The van der Waals surface area contributed by atoms with E-state index in [9.17, 15) is 9.59 Å². The van der Waals surface area contributed by atoms with Crippen molar-refractivity contribution in [2.45, 2.75) is 26.7 Å². The first kappa shape index (κ1) is 22.6. The molecule has 0 fully saturated rings. The highest BCUT2D eigenvalue weighted by Crippen LogP contribution is 2.23. The van der Waals surface area contributed by atoms with Crippen LogP contribution in [-0.2, 0) is 0 Å². The maximum absolute atomic E-state index is 11.1. The molecule has 0 unspecified atom stereocenters. The first-order valence-electron chi connectivity index (χ1n) is 10.1. The molecule has 6 heteroatoms. The van der Waals surface area contributed by atoms with E-state index in [4.69, 9.17) is 10.2 Å². The molecule has 0 aliphatic carbocycles. The average molecular weight is 428 g/mol. The highest BCUT2D eigenvalue weighted by atomic mass is 16.4. The molecule has 0 aliphatic heterocycles. The van der Waals surface area contributed by atoms with Crippen LogP contribution in [0.15, 0.2) is 67.5 Å². The molecule has 0 bridgehead atoms. The molecule has 4 aromatic rings. The van der Waals surface area contributed by atoms with Gasteiger partial charge in [0.05, 0.1) is 22.2 Å². The van der Waals surface area contributed by atoms with Crippen LogP contribution in [0, 0.1) is 0 Å². The van der Waals surface area contributed by atoms with Gasteiger partial charge in [-0.05, 0) is 60.4 Å². The van der Waals surface area contributed by atoms with Gasteiger partial charge in [-0.15, -0.1) is 0 Å². The molecule has 2 N–H and O–H groups in total. The van der Waals surface area contributed by atoms with Crippen LogP contribution >= 0.6 is 0 Å². The monoisotopic (exact) mass is 428 g/mol. The minimum absolute atomic E-state index is 0.271. The number of carboxylic acids is 2. The summed E-state index contributed by atoms with van der Waals surface area (Å²) in [5, 5.41) is 19.5. The number of pyridine rings is 2. The SMILES string of the molecule is C=C(C)c1ccc2nccc(C(=O)O)c2c1.CC(C)c1ccc2nccc(C(=O)O)c2c1. The number of allylic oxidation sites excluding steroid dienone is 1. The summed E-state index contributed by atoms with van der Waals surface area (Å²) in [5.41, 5.74) is 4.96. The fourth-order valence-corrected chi connectivity index (χ4v) is 3.31. The third-order valence-electron chi connectivity index (χ3n) is 5.13. The van der Waals surface area contributed by atoms with Gasteiger partial charge >= 0.3 is 11.9 Å². The van der Waals surface area contributed by atoms with Crippen LogP contribution in [0.5, 0.6) is 0 Å². The summed E-state index contributed by atoms with van der Waals surface area (Å²) in [5.74, 6) is -1.47. The summed E-state index contributed by atoms with van der Waals surface area (Å²) in [6, 6.07) is 14.3. The van der Waals surface area contributed by atoms with E-state index in [0.29, 0.717) is 27.8 Å². The third-order valence-corrected chi connectivity index (χ3v) is 5.13.